The Hall–Kier alpha value is -2.50. The van der Waals surface area contributed by atoms with Gasteiger partial charge in [0.2, 0.25) is 0 Å². The minimum atomic E-state index is -0.840. The number of benzene rings is 1. The Morgan fingerprint density at radius 1 is 1.18 bits per heavy atom. The summed E-state index contributed by atoms with van der Waals surface area (Å²) in [4.78, 5) is 27.2. The smallest absolute Gasteiger partial charge is 0.263 e. The molecule has 6 heteroatoms. The molecule has 0 bridgehead atoms. The summed E-state index contributed by atoms with van der Waals surface area (Å²) in [6.45, 7) is 4.97. The lowest BCUT2D eigenvalue weighted by Crippen LogP contribution is -2.42. The molecule has 1 amide bonds. The lowest BCUT2D eigenvalue weighted by atomic mass is 9.91. The molecule has 1 aromatic carbocycles. The molecule has 2 aromatic rings. The van der Waals surface area contributed by atoms with Gasteiger partial charge in [0, 0.05) is 25.8 Å². The molecule has 4 nitrogen and oxygen atoms in total. The van der Waals surface area contributed by atoms with Crippen molar-refractivity contribution < 1.29 is 13.6 Å². The molecule has 1 aliphatic heterocycles. The van der Waals surface area contributed by atoms with Crippen LogP contribution in [0.15, 0.2) is 29.1 Å². The molecule has 1 aromatic heterocycles. The fourth-order valence-corrected chi connectivity index (χ4v) is 3.85. The number of hydrogen-bond donors (Lipinski definition) is 0. The molecule has 0 spiro atoms. The predicted octanol–water partition coefficient (Wildman–Crippen LogP) is 3.77. The summed E-state index contributed by atoms with van der Waals surface area (Å²) in [5.41, 5.74) is 2.47. The van der Waals surface area contributed by atoms with E-state index >= 15 is 0 Å². The summed E-state index contributed by atoms with van der Waals surface area (Å²) in [7, 11) is 1.68. The molecule has 150 valence electrons. The standard InChI is InChI=1S/C22H26F2N2O2/c1-14-11-18(21(27)25(3)15(14)2)22(28)26-10-4-5-17(13-26)7-6-16-8-9-19(23)20(24)12-16/h8-9,11-12,17H,4-7,10,13H2,1-3H3/t17-/m1/s1. The fourth-order valence-electron chi connectivity index (χ4n) is 3.85. The van der Waals surface area contributed by atoms with Crippen molar-refractivity contribution in [2.45, 2.75) is 39.5 Å². The van der Waals surface area contributed by atoms with Crippen LogP contribution in [0.25, 0.3) is 0 Å². The van der Waals surface area contributed by atoms with Crippen molar-refractivity contribution in [1.82, 2.24) is 9.47 Å². The quantitative estimate of drug-likeness (QED) is 0.800. The van der Waals surface area contributed by atoms with Crippen LogP contribution < -0.4 is 5.56 Å². The number of hydrogen-bond acceptors (Lipinski definition) is 2. The third kappa shape index (κ3) is 4.16. The summed E-state index contributed by atoms with van der Waals surface area (Å²) in [5.74, 6) is -1.61. The second-order valence-corrected chi connectivity index (χ2v) is 7.74. The van der Waals surface area contributed by atoms with Gasteiger partial charge in [0.1, 0.15) is 5.56 Å². The predicted molar refractivity (Wildman–Crippen MR) is 104 cm³/mol. The van der Waals surface area contributed by atoms with Gasteiger partial charge >= 0.3 is 0 Å². The third-order valence-corrected chi connectivity index (χ3v) is 5.83. The second kappa shape index (κ2) is 8.25. The van der Waals surface area contributed by atoms with Gasteiger partial charge in [-0.2, -0.15) is 0 Å². The number of halogens is 2. The van der Waals surface area contributed by atoms with E-state index in [1.165, 1.54) is 10.6 Å². The minimum Gasteiger partial charge on any atom is -0.338 e. The maximum atomic E-state index is 13.4. The van der Waals surface area contributed by atoms with Crippen molar-refractivity contribution in [2.75, 3.05) is 13.1 Å². The van der Waals surface area contributed by atoms with Crippen molar-refractivity contribution in [2.24, 2.45) is 13.0 Å². The molecule has 1 aliphatic rings. The molecule has 0 radical (unpaired) electrons. The summed E-state index contributed by atoms with van der Waals surface area (Å²) >= 11 is 0. The van der Waals surface area contributed by atoms with E-state index in [0.717, 1.165) is 42.1 Å². The zero-order valence-corrected chi connectivity index (χ0v) is 16.6. The van der Waals surface area contributed by atoms with Gasteiger partial charge in [-0.1, -0.05) is 6.07 Å². The fraction of sp³-hybridized carbons (Fsp3) is 0.455. The Kier molecular flexibility index (Phi) is 5.96. The molecule has 0 N–H and O–H groups in total. The Bertz CT molecular complexity index is 952. The van der Waals surface area contributed by atoms with E-state index in [9.17, 15) is 18.4 Å². The molecule has 0 aliphatic carbocycles. The van der Waals surface area contributed by atoms with Crippen LogP contribution in [0.3, 0.4) is 0 Å². The number of nitrogens with zero attached hydrogens (tertiary/aromatic N) is 2. The first kappa shape index (κ1) is 20.2. The molecule has 0 unspecified atom stereocenters. The normalized spacial score (nSPS) is 17.0. The lowest BCUT2D eigenvalue weighted by molar-refractivity contribution is 0.0666. The number of aryl methyl sites for hydroxylation is 2. The number of likely N-dealkylation sites (tertiary alicyclic amines) is 1. The van der Waals surface area contributed by atoms with Gasteiger partial charge in [0.05, 0.1) is 0 Å². The topological polar surface area (TPSA) is 42.3 Å². The lowest BCUT2D eigenvalue weighted by Gasteiger charge is -2.33. The maximum absolute atomic E-state index is 13.4. The van der Waals surface area contributed by atoms with Crippen LogP contribution in [0.5, 0.6) is 0 Å². The van der Waals surface area contributed by atoms with Crippen molar-refractivity contribution >= 4 is 5.91 Å². The van der Waals surface area contributed by atoms with Gasteiger partial charge in [0.15, 0.2) is 11.6 Å². The van der Waals surface area contributed by atoms with E-state index in [1.54, 1.807) is 24.1 Å². The monoisotopic (exact) mass is 388 g/mol. The number of amides is 1. The first-order valence-corrected chi connectivity index (χ1v) is 9.68. The summed E-state index contributed by atoms with van der Waals surface area (Å²) in [6.07, 6.45) is 3.28. The number of carbonyl (C=O) groups excluding carboxylic acids is 1. The van der Waals surface area contributed by atoms with Crippen LogP contribution in [-0.2, 0) is 13.5 Å². The van der Waals surface area contributed by atoms with Crippen molar-refractivity contribution in [3.63, 3.8) is 0 Å². The highest BCUT2D eigenvalue weighted by molar-refractivity contribution is 5.94. The van der Waals surface area contributed by atoms with Crippen LogP contribution in [-0.4, -0.2) is 28.5 Å². The summed E-state index contributed by atoms with van der Waals surface area (Å²) < 4.78 is 28.0. The number of aromatic nitrogens is 1. The van der Waals surface area contributed by atoms with Crippen LogP contribution in [0.4, 0.5) is 8.78 Å². The molecular formula is C22H26F2N2O2. The number of piperidine rings is 1. The van der Waals surface area contributed by atoms with Gasteiger partial charge in [-0.15, -0.1) is 0 Å². The van der Waals surface area contributed by atoms with E-state index in [0.29, 0.717) is 19.5 Å². The van der Waals surface area contributed by atoms with Gasteiger partial charge in [0.25, 0.3) is 11.5 Å². The molecule has 1 saturated heterocycles. The first-order valence-electron chi connectivity index (χ1n) is 9.68. The molecule has 1 atom stereocenters. The molecule has 1 fully saturated rings. The van der Waals surface area contributed by atoms with Gasteiger partial charge in [-0.05, 0) is 74.8 Å². The minimum absolute atomic E-state index is 0.215. The molecule has 3 rings (SSSR count). The van der Waals surface area contributed by atoms with E-state index < -0.39 is 11.6 Å². The summed E-state index contributed by atoms with van der Waals surface area (Å²) in [6, 6.07) is 5.67. The zero-order chi connectivity index (χ0) is 20.4. The largest absolute Gasteiger partial charge is 0.338 e. The van der Waals surface area contributed by atoms with Gasteiger partial charge < -0.3 is 9.47 Å². The Balaban J connectivity index is 1.68. The van der Waals surface area contributed by atoms with Crippen molar-refractivity contribution in [3.05, 3.63) is 68.6 Å². The van der Waals surface area contributed by atoms with E-state index in [1.807, 2.05) is 13.8 Å². The van der Waals surface area contributed by atoms with Crippen LogP contribution in [0, 0.1) is 31.4 Å². The number of rotatable bonds is 4. The molecular weight excluding hydrogens is 362 g/mol. The van der Waals surface area contributed by atoms with Crippen molar-refractivity contribution in [1.29, 1.82) is 0 Å². The SMILES string of the molecule is Cc1cc(C(=O)N2CCC[C@H](CCc3ccc(F)c(F)c3)C2)c(=O)n(C)c1C. The highest BCUT2D eigenvalue weighted by Gasteiger charge is 2.26. The second-order valence-electron chi connectivity index (χ2n) is 7.74. The average molecular weight is 388 g/mol. The van der Waals surface area contributed by atoms with Gasteiger partial charge in [-0.3, -0.25) is 9.59 Å². The van der Waals surface area contributed by atoms with Crippen molar-refractivity contribution in [3.8, 4) is 0 Å². The number of pyridine rings is 1. The Morgan fingerprint density at radius 2 is 1.93 bits per heavy atom. The van der Waals surface area contributed by atoms with E-state index in [4.69, 9.17) is 0 Å². The van der Waals surface area contributed by atoms with Crippen LogP contribution in [0.1, 0.15) is 46.4 Å². The van der Waals surface area contributed by atoms with Crippen LogP contribution in [0.2, 0.25) is 0 Å². The Morgan fingerprint density at radius 3 is 2.64 bits per heavy atom. The van der Waals surface area contributed by atoms with Gasteiger partial charge in [-0.25, -0.2) is 8.78 Å². The summed E-state index contributed by atoms with van der Waals surface area (Å²) in [5, 5.41) is 0. The highest BCUT2D eigenvalue weighted by atomic mass is 19.2. The average Bonchev–Trinajstić information content (AvgIpc) is 2.69. The first-order chi connectivity index (χ1) is 13.3. The number of carbonyl (C=O) groups is 1. The molecule has 2 heterocycles. The van der Waals surface area contributed by atoms with E-state index in [2.05, 4.69) is 0 Å². The maximum Gasteiger partial charge on any atom is 0.263 e. The Labute approximate surface area is 163 Å². The highest BCUT2D eigenvalue weighted by Crippen LogP contribution is 2.23. The molecule has 0 saturated carbocycles. The molecule has 28 heavy (non-hydrogen) atoms. The zero-order valence-electron chi connectivity index (χ0n) is 16.6. The van der Waals surface area contributed by atoms with Crippen LogP contribution >= 0.6 is 0 Å². The van der Waals surface area contributed by atoms with E-state index in [-0.39, 0.29) is 22.9 Å². The third-order valence-electron chi connectivity index (χ3n) is 5.83.